The van der Waals surface area contributed by atoms with Gasteiger partial charge in [0.2, 0.25) is 0 Å². The fourth-order valence-corrected chi connectivity index (χ4v) is 2.88. The topological polar surface area (TPSA) is 101 Å². The van der Waals surface area contributed by atoms with E-state index in [0.717, 1.165) is 16.5 Å². The summed E-state index contributed by atoms with van der Waals surface area (Å²) >= 11 is 4.93. The molecule has 0 aliphatic carbocycles. The standard InChI is InChI=1S/C16H10N4O3S/c21-20(22)11-8-4-7-10-12(9-5-2-1-3-6-9)14(17-13(10)11)15-18-19-16(24)23-15/h1-8,17H,(H,19,24). The SMILES string of the molecule is O=[N+]([O-])c1cccc2c(-c3ccccc3)c(-c3n[nH]c(=S)o3)[nH]c12. The molecular formula is C16H10N4O3S. The first-order chi connectivity index (χ1) is 11.6. The van der Waals surface area contributed by atoms with Gasteiger partial charge in [-0.25, -0.2) is 5.10 Å². The maximum Gasteiger partial charge on any atom is 0.293 e. The number of aromatic amines is 2. The summed E-state index contributed by atoms with van der Waals surface area (Å²) in [5.41, 5.74) is 2.62. The van der Waals surface area contributed by atoms with Gasteiger partial charge in [0.05, 0.1) is 4.92 Å². The molecule has 2 aromatic carbocycles. The number of nitrogens with one attached hydrogen (secondary N) is 2. The van der Waals surface area contributed by atoms with Crippen LogP contribution in [-0.4, -0.2) is 20.1 Å². The summed E-state index contributed by atoms with van der Waals surface area (Å²) in [6.07, 6.45) is 0. The average molecular weight is 338 g/mol. The summed E-state index contributed by atoms with van der Waals surface area (Å²) in [6, 6.07) is 14.5. The number of benzene rings is 2. The Morgan fingerprint density at radius 3 is 2.58 bits per heavy atom. The minimum Gasteiger partial charge on any atom is -0.408 e. The molecule has 0 atom stereocenters. The zero-order valence-electron chi connectivity index (χ0n) is 12.1. The molecule has 8 heteroatoms. The van der Waals surface area contributed by atoms with Crippen molar-refractivity contribution in [2.75, 3.05) is 0 Å². The van der Waals surface area contributed by atoms with Crippen molar-refractivity contribution in [3.8, 4) is 22.7 Å². The normalized spacial score (nSPS) is 11.0. The fourth-order valence-electron chi connectivity index (χ4n) is 2.76. The van der Waals surface area contributed by atoms with Gasteiger partial charge in [0.1, 0.15) is 11.2 Å². The van der Waals surface area contributed by atoms with Crippen molar-refractivity contribution in [3.05, 3.63) is 63.5 Å². The smallest absolute Gasteiger partial charge is 0.293 e. The molecule has 118 valence electrons. The highest BCUT2D eigenvalue weighted by atomic mass is 32.1. The molecule has 0 saturated carbocycles. The monoisotopic (exact) mass is 338 g/mol. The van der Waals surface area contributed by atoms with Crippen LogP contribution in [0.3, 0.4) is 0 Å². The highest BCUT2D eigenvalue weighted by molar-refractivity contribution is 7.71. The number of fused-ring (bicyclic) bond motifs is 1. The number of aromatic nitrogens is 3. The van der Waals surface area contributed by atoms with Crippen LogP contribution < -0.4 is 0 Å². The number of non-ortho nitro benzene ring substituents is 1. The van der Waals surface area contributed by atoms with Crippen molar-refractivity contribution in [3.63, 3.8) is 0 Å². The number of nitro groups is 1. The molecule has 7 nitrogen and oxygen atoms in total. The molecule has 0 spiro atoms. The first kappa shape index (κ1) is 14.3. The number of nitro benzene ring substituents is 1. The lowest BCUT2D eigenvalue weighted by molar-refractivity contribution is -0.383. The number of para-hydroxylation sites is 1. The Balaban J connectivity index is 2.12. The van der Waals surface area contributed by atoms with E-state index in [1.165, 1.54) is 6.07 Å². The largest absolute Gasteiger partial charge is 0.408 e. The van der Waals surface area contributed by atoms with E-state index in [9.17, 15) is 10.1 Å². The Labute approximate surface area is 140 Å². The van der Waals surface area contributed by atoms with Gasteiger partial charge < -0.3 is 9.40 Å². The van der Waals surface area contributed by atoms with E-state index in [1.54, 1.807) is 6.07 Å². The van der Waals surface area contributed by atoms with Crippen LogP contribution in [0.15, 0.2) is 52.9 Å². The summed E-state index contributed by atoms with van der Waals surface area (Å²) in [5.74, 6) is 0.254. The van der Waals surface area contributed by atoms with Crippen molar-refractivity contribution < 1.29 is 9.34 Å². The summed E-state index contributed by atoms with van der Waals surface area (Å²) in [6.45, 7) is 0. The molecule has 4 rings (SSSR count). The maximum absolute atomic E-state index is 11.3. The van der Waals surface area contributed by atoms with E-state index < -0.39 is 4.92 Å². The molecule has 24 heavy (non-hydrogen) atoms. The van der Waals surface area contributed by atoms with Gasteiger partial charge in [0.15, 0.2) is 0 Å². The lowest BCUT2D eigenvalue weighted by atomic mass is 10.0. The molecule has 2 N–H and O–H groups in total. The van der Waals surface area contributed by atoms with E-state index in [0.29, 0.717) is 11.2 Å². The first-order valence-electron chi connectivity index (χ1n) is 7.05. The molecular weight excluding hydrogens is 328 g/mol. The molecule has 0 aliphatic heterocycles. The molecule has 2 aromatic heterocycles. The van der Waals surface area contributed by atoms with Crippen molar-refractivity contribution >= 4 is 28.8 Å². The summed E-state index contributed by atoms with van der Waals surface area (Å²) in [7, 11) is 0. The Morgan fingerprint density at radius 1 is 1.12 bits per heavy atom. The van der Waals surface area contributed by atoms with Gasteiger partial charge in [-0.05, 0) is 17.8 Å². The number of hydrogen-bond acceptors (Lipinski definition) is 5. The van der Waals surface area contributed by atoms with Crippen LogP contribution in [0.2, 0.25) is 0 Å². The van der Waals surface area contributed by atoms with Crippen LogP contribution in [0, 0.1) is 15.0 Å². The van der Waals surface area contributed by atoms with Gasteiger partial charge in [-0.2, -0.15) is 0 Å². The number of hydrogen-bond donors (Lipinski definition) is 2. The van der Waals surface area contributed by atoms with E-state index in [-0.39, 0.29) is 16.4 Å². The van der Waals surface area contributed by atoms with Gasteiger partial charge in [0.25, 0.3) is 16.4 Å². The Hall–Kier alpha value is -3.26. The molecule has 0 aliphatic rings. The van der Waals surface area contributed by atoms with Gasteiger partial charge in [-0.1, -0.05) is 42.5 Å². The Kier molecular flexibility index (Phi) is 3.24. The predicted molar refractivity (Wildman–Crippen MR) is 91.1 cm³/mol. The average Bonchev–Trinajstić information content (AvgIpc) is 3.18. The second kappa shape index (κ2) is 5.43. The summed E-state index contributed by atoms with van der Waals surface area (Å²) in [4.78, 5) is 14.1. The van der Waals surface area contributed by atoms with E-state index in [1.807, 2.05) is 36.4 Å². The number of rotatable bonds is 3. The van der Waals surface area contributed by atoms with Crippen LogP contribution in [0.5, 0.6) is 0 Å². The lowest BCUT2D eigenvalue weighted by Crippen LogP contribution is -1.88. The zero-order chi connectivity index (χ0) is 16.7. The first-order valence-corrected chi connectivity index (χ1v) is 7.46. The second-order valence-electron chi connectivity index (χ2n) is 5.12. The molecule has 2 heterocycles. The lowest BCUT2D eigenvalue weighted by Gasteiger charge is -2.02. The van der Waals surface area contributed by atoms with Gasteiger partial charge in [0, 0.05) is 17.0 Å². The van der Waals surface area contributed by atoms with Crippen molar-refractivity contribution in [2.24, 2.45) is 0 Å². The quantitative estimate of drug-likeness (QED) is 0.326. The second-order valence-corrected chi connectivity index (χ2v) is 5.49. The maximum atomic E-state index is 11.3. The van der Waals surface area contributed by atoms with Gasteiger partial charge in [-0.15, -0.1) is 5.10 Å². The minimum absolute atomic E-state index is 0.00920. The van der Waals surface area contributed by atoms with Crippen LogP contribution >= 0.6 is 12.2 Å². The van der Waals surface area contributed by atoms with Crippen LogP contribution in [0.25, 0.3) is 33.6 Å². The summed E-state index contributed by atoms with van der Waals surface area (Å²) in [5, 5.41) is 18.7. The Bertz CT molecular complexity index is 1110. The van der Waals surface area contributed by atoms with Crippen LogP contribution in [-0.2, 0) is 0 Å². The minimum atomic E-state index is -0.419. The van der Waals surface area contributed by atoms with Crippen molar-refractivity contribution in [1.82, 2.24) is 15.2 Å². The third kappa shape index (κ3) is 2.20. The molecule has 0 bridgehead atoms. The number of nitrogens with zero attached hydrogens (tertiary/aromatic N) is 2. The summed E-state index contributed by atoms with van der Waals surface area (Å²) < 4.78 is 5.41. The highest BCUT2D eigenvalue weighted by Gasteiger charge is 2.23. The molecule has 0 unspecified atom stereocenters. The Morgan fingerprint density at radius 2 is 1.92 bits per heavy atom. The van der Waals surface area contributed by atoms with Crippen LogP contribution in [0.1, 0.15) is 0 Å². The highest BCUT2D eigenvalue weighted by Crippen LogP contribution is 2.40. The third-order valence-electron chi connectivity index (χ3n) is 3.72. The van der Waals surface area contributed by atoms with E-state index in [4.69, 9.17) is 16.6 Å². The number of H-pyrrole nitrogens is 2. The molecule has 0 saturated heterocycles. The van der Waals surface area contributed by atoms with Gasteiger partial charge >= 0.3 is 0 Å². The molecule has 4 aromatic rings. The third-order valence-corrected chi connectivity index (χ3v) is 3.90. The molecule has 0 amide bonds. The van der Waals surface area contributed by atoms with Crippen LogP contribution in [0.4, 0.5) is 5.69 Å². The van der Waals surface area contributed by atoms with E-state index >= 15 is 0 Å². The molecule has 0 radical (unpaired) electrons. The van der Waals surface area contributed by atoms with Crippen molar-refractivity contribution in [1.29, 1.82) is 0 Å². The molecule has 0 fully saturated rings. The van der Waals surface area contributed by atoms with E-state index in [2.05, 4.69) is 15.2 Å². The fraction of sp³-hybridized carbons (Fsp3) is 0. The van der Waals surface area contributed by atoms with Crippen molar-refractivity contribution in [2.45, 2.75) is 0 Å². The van der Waals surface area contributed by atoms with Gasteiger partial charge in [-0.3, -0.25) is 10.1 Å². The predicted octanol–water partition coefficient (Wildman–Crippen LogP) is 4.46. The zero-order valence-corrected chi connectivity index (χ0v) is 13.0.